The quantitative estimate of drug-likeness (QED) is 0.391. The van der Waals surface area contributed by atoms with Crippen molar-refractivity contribution in [1.29, 1.82) is 0 Å². The molecule has 1 heterocycles. The third kappa shape index (κ3) is 6.29. The minimum absolute atomic E-state index is 0.0291. The van der Waals surface area contributed by atoms with Crippen molar-refractivity contribution in [2.45, 2.75) is 53.1 Å². The number of aryl methyl sites for hydroxylation is 1. The molecule has 2 amide bonds. The summed E-state index contributed by atoms with van der Waals surface area (Å²) in [6, 6.07) is 10.1. The van der Waals surface area contributed by atoms with Gasteiger partial charge in [0.2, 0.25) is 5.88 Å². The Balaban J connectivity index is 2.12. The molecule has 2 aromatic carbocycles. The molecule has 0 radical (unpaired) electrons. The first-order chi connectivity index (χ1) is 16.8. The number of ether oxygens (including phenoxy) is 2. The molecule has 0 atom stereocenters. The van der Waals surface area contributed by atoms with Crippen LogP contribution in [0.5, 0.6) is 17.4 Å². The Morgan fingerprint density at radius 1 is 1.14 bits per heavy atom. The minimum atomic E-state index is -0.834. The number of urea groups is 1. The number of rotatable bonds is 10. The van der Waals surface area contributed by atoms with Crippen LogP contribution in [-0.4, -0.2) is 40.4 Å². The zero-order chi connectivity index (χ0) is 25.5. The van der Waals surface area contributed by atoms with Gasteiger partial charge in [-0.3, -0.25) is 0 Å². The fourth-order valence-electron chi connectivity index (χ4n) is 3.64. The molecule has 0 saturated heterocycles. The summed E-state index contributed by atoms with van der Waals surface area (Å²) in [6.45, 7) is 8.46. The van der Waals surface area contributed by atoms with E-state index in [9.17, 15) is 13.6 Å². The van der Waals surface area contributed by atoms with E-state index in [2.05, 4.69) is 5.32 Å². The van der Waals surface area contributed by atoms with Crippen LogP contribution in [0.15, 0.2) is 42.5 Å². The van der Waals surface area contributed by atoms with E-state index in [1.54, 1.807) is 41.0 Å². The van der Waals surface area contributed by atoms with E-state index in [-0.39, 0.29) is 30.2 Å². The van der Waals surface area contributed by atoms with Gasteiger partial charge < -0.3 is 19.7 Å². The zero-order valence-corrected chi connectivity index (χ0v) is 20.8. The lowest BCUT2D eigenvalue weighted by atomic mass is 10.2. The maximum atomic E-state index is 14.6. The van der Waals surface area contributed by atoms with Crippen LogP contribution in [0.1, 0.15) is 45.4 Å². The van der Waals surface area contributed by atoms with Crippen molar-refractivity contribution in [3.8, 4) is 23.1 Å². The molecule has 0 spiro atoms. The fourth-order valence-corrected chi connectivity index (χ4v) is 3.64. The van der Waals surface area contributed by atoms with Crippen LogP contribution in [0.25, 0.3) is 5.69 Å². The molecule has 1 aromatic heterocycles. The number of nitrogens with zero attached hydrogens (tertiary/aromatic N) is 3. The van der Waals surface area contributed by atoms with Gasteiger partial charge in [0.05, 0.1) is 30.6 Å². The topological polar surface area (TPSA) is 68.6 Å². The smallest absolute Gasteiger partial charge is 0.317 e. The number of hydrogen-bond donors (Lipinski definition) is 1. The van der Waals surface area contributed by atoms with E-state index < -0.39 is 11.6 Å². The van der Waals surface area contributed by atoms with Crippen molar-refractivity contribution in [3.63, 3.8) is 0 Å². The molecule has 0 aliphatic heterocycles. The Hall–Kier alpha value is -3.62. The standard InChI is InChI=1S/C26H32F2N4O3/c1-6-14-31(26(33)29-17(3)4)16-21-23(7-2)30-32(19-9-11-20(34-5)12-10-19)25(21)35-24-13-8-18(27)15-22(24)28/h8-13,15,17H,6-7,14,16H2,1-5H3,(H,29,33). The fraction of sp³-hybridized carbons (Fsp3) is 0.385. The lowest BCUT2D eigenvalue weighted by molar-refractivity contribution is 0.192. The van der Waals surface area contributed by atoms with Crippen LogP contribution < -0.4 is 14.8 Å². The van der Waals surface area contributed by atoms with Crippen molar-refractivity contribution in [2.75, 3.05) is 13.7 Å². The van der Waals surface area contributed by atoms with Crippen molar-refractivity contribution in [2.24, 2.45) is 0 Å². The van der Waals surface area contributed by atoms with Crippen LogP contribution in [-0.2, 0) is 13.0 Å². The van der Waals surface area contributed by atoms with E-state index in [0.717, 1.165) is 18.6 Å². The first-order valence-electron chi connectivity index (χ1n) is 11.7. The molecule has 0 aliphatic rings. The number of amides is 2. The molecule has 0 aliphatic carbocycles. The van der Waals surface area contributed by atoms with Gasteiger partial charge in [-0.1, -0.05) is 13.8 Å². The zero-order valence-electron chi connectivity index (χ0n) is 20.8. The molecule has 3 aromatic rings. The Labute approximate surface area is 204 Å². The van der Waals surface area contributed by atoms with Crippen LogP contribution in [0, 0.1) is 11.6 Å². The summed E-state index contributed by atoms with van der Waals surface area (Å²) in [5.74, 6) is -0.745. The van der Waals surface area contributed by atoms with Crippen molar-refractivity contribution in [3.05, 3.63) is 65.4 Å². The molecule has 0 saturated carbocycles. The molecule has 0 fully saturated rings. The van der Waals surface area contributed by atoms with Gasteiger partial charge in [-0.15, -0.1) is 0 Å². The van der Waals surface area contributed by atoms with Gasteiger partial charge >= 0.3 is 6.03 Å². The van der Waals surface area contributed by atoms with Crippen molar-refractivity contribution >= 4 is 6.03 Å². The Morgan fingerprint density at radius 2 is 1.86 bits per heavy atom. The molecule has 188 valence electrons. The highest BCUT2D eigenvalue weighted by Crippen LogP contribution is 2.34. The lowest BCUT2D eigenvalue weighted by Gasteiger charge is -2.24. The number of aromatic nitrogens is 2. The van der Waals surface area contributed by atoms with Gasteiger partial charge in [0.1, 0.15) is 11.6 Å². The second kappa shape index (κ2) is 11.7. The molecule has 0 bridgehead atoms. The first-order valence-corrected chi connectivity index (χ1v) is 11.7. The summed E-state index contributed by atoms with van der Waals surface area (Å²) < 4.78 is 40.9. The Kier molecular flexibility index (Phi) is 8.68. The lowest BCUT2D eigenvalue weighted by Crippen LogP contribution is -2.43. The summed E-state index contributed by atoms with van der Waals surface area (Å²) in [7, 11) is 1.58. The van der Waals surface area contributed by atoms with E-state index in [4.69, 9.17) is 14.6 Å². The number of methoxy groups -OCH3 is 1. The van der Waals surface area contributed by atoms with Gasteiger partial charge in [0.15, 0.2) is 11.6 Å². The highest BCUT2D eigenvalue weighted by atomic mass is 19.1. The predicted octanol–water partition coefficient (Wildman–Crippen LogP) is 5.84. The van der Waals surface area contributed by atoms with Crippen molar-refractivity contribution < 1.29 is 23.0 Å². The number of nitrogens with one attached hydrogen (secondary N) is 1. The van der Waals surface area contributed by atoms with Crippen molar-refractivity contribution in [1.82, 2.24) is 20.0 Å². The number of halogens is 2. The SMILES string of the molecule is CCCN(Cc1c(CC)nn(-c2ccc(OC)cc2)c1Oc1ccc(F)cc1F)C(=O)NC(C)C. The second-order valence-electron chi connectivity index (χ2n) is 8.40. The summed E-state index contributed by atoms with van der Waals surface area (Å²) in [5, 5.41) is 7.65. The average molecular weight is 487 g/mol. The molecule has 3 rings (SSSR count). The van der Waals surface area contributed by atoms with Gasteiger partial charge in [-0.2, -0.15) is 5.10 Å². The number of benzene rings is 2. The normalized spacial score (nSPS) is 11.0. The van der Waals surface area contributed by atoms with E-state index in [1.807, 2.05) is 27.7 Å². The van der Waals surface area contributed by atoms with Crippen LogP contribution in [0.4, 0.5) is 13.6 Å². The monoisotopic (exact) mass is 486 g/mol. The molecular weight excluding hydrogens is 454 g/mol. The van der Waals surface area contributed by atoms with Gasteiger partial charge in [-0.25, -0.2) is 18.3 Å². The van der Waals surface area contributed by atoms with Crippen LogP contribution >= 0.6 is 0 Å². The maximum absolute atomic E-state index is 14.6. The molecule has 9 heteroatoms. The summed E-state index contributed by atoms with van der Waals surface area (Å²) in [4.78, 5) is 14.6. The number of carbonyl (C=O) groups excluding carboxylic acids is 1. The molecule has 35 heavy (non-hydrogen) atoms. The molecular formula is C26H32F2N4O3. The number of carbonyl (C=O) groups is 1. The molecule has 0 unspecified atom stereocenters. The van der Waals surface area contributed by atoms with Crippen LogP contribution in [0.2, 0.25) is 0 Å². The van der Waals surface area contributed by atoms with Gasteiger partial charge in [-0.05, 0) is 63.1 Å². The van der Waals surface area contributed by atoms with Crippen LogP contribution in [0.3, 0.4) is 0 Å². The highest BCUT2D eigenvalue weighted by molar-refractivity contribution is 5.74. The summed E-state index contributed by atoms with van der Waals surface area (Å²) in [5.41, 5.74) is 2.02. The minimum Gasteiger partial charge on any atom is -0.497 e. The second-order valence-corrected chi connectivity index (χ2v) is 8.40. The average Bonchev–Trinajstić information content (AvgIpc) is 3.17. The van der Waals surface area contributed by atoms with E-state index in [1.165, 1.54) is 6.07 Å². The van der Waals surface area contributed by atoms with E-state index in [0.29, 0.717) is 35.7 Å². The number of hydrogen-bond acceptors (Lipinski definition) is 4. The predicted molar refractivity (Wildman–Crippen MR) is 130 cm³/mol. The van der Waals surface area contributed by atoms with Gasteiger partial charge in [0, 0.05) is 18.7 Å². The van der Waals surface area contributed by atoms with E-state index >= 15 is 0 Å². The highest BCUT2D eigenvalue weighted by Gasteiger charge is 2.25. The third-order valence-corrected chi connectivity index (χ3v) is 5.31. The molecule has 7 nitrogen and oxygen atoms in total. The van der Waals surface area contributed by atoms with Gasteiger partial charge in [0.25, 0.3) is 0 Å². The third-order valence-electron chi connectivity index (χ3n) is 5.31. The first kappa shape index (κ1) is 26.0. The summed E-state index contributed by atoms with van der Waals surface area (Å²) >= 11 is 0. The Bertz CT molecular complexity index is 1150. The largest absolute Gasteiger partial charge is 0.497 e. The Morgan fingerprint density at radius 3 is 2.43 bits per heavy atom. The molecule has 1 N–H and O–H groups in total. The summed E-state index contributed by atoms with van der Waals surface area (Å²) in [6.07, 6.45) is 1.31. The maximum Gasteiger partial charge on any atom is 0.317 e.